The molecular weight excluding hydrogens is 548 g/mol. The Hall–Kier alpha value is -5.24. The number of hydrogen-bond donors (Lipinski definition) is 2. The molecule has 4 aromatic rings. The van der Waals surface area contributed by atoms with Gasteiger partial charge < -0.3 is 20.0 Å². The first-order valence-electron chi connectivity index (χ1n) is 15.0. The van der Waals surface area contributed by atoms with E-state index in [9.17, 15) is 10.2 Å². The molecule has 44 heavy (non-hydrogen) atoms. The number of hydrogen-bond acceptors (Lipinski definition) is 8. The number of anilines is 2. The summed E-state index contributed by atoms with van der Waals surface area (Å²) < 4.78 is 0. The van der Waals surface area contributed by atoms with Gasteiger partial charge in [0.25, 0.3) is 0 Å². The summed E-state index contributed by atoms with van der Waals surface area (Å²) >= 11 is 0. The van der Waals surface area contributed by atoms with Crippen LogP contribution >= 0.6 is 0 Å². The van der Waals surface area contributed by atoms with Crippen molar-refractivity contribution in [1.29, 1.82) is 0 Å². The minimum absolute atomic E-state index is 0.128. The maximum absolute atomic E-state index is 10.7. The summed E-state index contributed by atoms with van der Waals surface area (Å²) in [5, 5.41) is 39.3. The summed E-state index contributed by atoms with van der Waals surface area (Å²) in [6.45, 7) is 11.7. The Bertz CT molecular complexity index is 1500. The molecular formula is C36H40N6O2. The smallest absolute Gasteiger partial charge is 0.126 e. The van der Waals surface area contributed by atoms with Gasteiger partial charge in [-0.25, -0.2) is 0 Å². The Labute approximate surface area is 260 Å². The van der Waals surface area contributed by atoms with E-state index >= 15 is 0 Å². The third-order valence-corrected chi connectivity index (χ3v) is 7.31. The lowest BCUT2D eigenvalue weighted by molar-refractivity contribution is 0.474. The molecule has 0 radical (unpaired) electrons. The molecule has 0 unspecified atom stereocenters. The topological polar surface area (TPSA) is 96.4 Å². The van der Waals surface area contributed by atoms with Crippen LogP contribution in [-0.4, -0.2) is 60.2 Å². The van der Waals surface area contributed by atoms with E-state index < -0.39 is 0 Å². The summed E-state index contributed by atoms with van der Waals surface area (Å²) in [4.78, 5) is 4.32. The molecule has 0 heterocycles. The average Bonchev–Trinajstić information content (AvgIpc) is 3.05. The van der Waals surface area contributed by atoms with Crippen LogP contribution in [0.5, 0.6) is 11.5 Å². The third kappa shape index (κ3) is 7.98. The standard InChI is InChI=1S/C36H40N6O2/c1-5-41(6-2)31-21-19-29(33(43)23-31)25-37-39-35(27-15-11-9-12-16-27)36(28-17-13-10-14-18-28)40-38-26-30-20-22-32(24-34(30)44)42(7-3)8-4/h9-26,43-44H,5-8H2,1-4H3/b37-25+,38-26+,39-35+,40-36+. The fourth-order valence-corrected chi connectivity index (χ4v) is 4.83. The Balaban J connectivity index is 1.73. The molecule has 0 saturated heterocycles. The van der Waals surface area contributed by atoms with Crippen LogP contribution in [0, 0.1) is 0 Å². The number of phenols is 2. The number of benzene rings is 4. The van der Waals surface area contributed by atoms with Crippen LogP contribution in [0.3, 0.4) is 0 Å². The van der Waals surface area contributed by atoms with Crippen LogP contribution < -0.4 is 9.80 Å². The van der Waals surface area contributed by atoms with Gasteiger partial charge in [0.2, 0.25) is 0 Å². The molecule has 8 heteroatoms. The number of phenolic OH excluding ortho intramolecular Hbond substituents is 2. The largest absolute Gasteiger partial charge is 0.507 e. The van der Waals surface area contributed by atoms with Crippen molar-refractivity contribution in [2.45, 2.75) is 27.7 Å². The van der Waals surface area contributed by atoms with Crippen molar-refractivity contribution in [3.05, 3.63) is 119 Å². The van der Waals surface area contributed by atoms with Crippen molar-refractivity contribution in [3.8, 4) is 11.5 Å². The summed E-state index contributed by atoms with van der Waals surface area (Å²) in [5.74, 6) is 0.256. The van der Waals surface area contributed by atoms with Crippen LogP contribution in [0.4, 0.5) is 11.4 Å². The number of nitrogens with zero attached hydrogens (tertiary/aromatic N) is 6. The second-order valence-electron chi connectivity index (χ2n) is 9.95. The maximum atomic E-state index is 10.7. The van der Waals surface area contributed by atoms with E-state index in [0.717, 1.165) is 48.7 Å². The van der Waals surface area contributed by atoms with E-state index in [1.807, 2.05) is 84.9 Å². The van der Waals surface area contributed by atoms with E-state index in [1.54, 1.807) is 12.1 Å². The number of rotatable bonds is 13. The molecule has 0 fully saturated rings. The molecule has 0 saturated carbocycles. The molecule has 0 aromatic heterocycles. The van der Waals surface area contributed by atoms with Crippen molar-refractivity contribution in [1.82, 2.24) is 0 Å². The third-order valence-electron chi connectivity index (χ3n) is 7.31. The van der Waals surface area contributed by atoms with E-state index in [1.165, 1.54) is 12.4 Å². The van der Waals surface area contributed by atoms with Crippen molar-refractivity contribution in [2.75, 3.05) is 36.0 Å². The Morgan fingerprint density at radius 3 is 1.23 bits per heavy atom. The van der Waals surface area contributed by atoms with Gasteiger partial charge in [-0.3, -0.25) is 0 Å². The van der Waals surface area contributed by atoms with Gasteiger partial charge in [-0.15, -0.1) is 10.2 Å². The average molecular weight is 589 g/mol. The molecule has 0 aliphatic carbocycles. The van der Waals surface area contributed by atoms with Crippen molar-refractivity contribution < 1.29 is 10.2 Å². The molecule has 0 spiro atoms. The fourth-order valence-electron chi connectivity index (χ4n) is 4.83. The molecule has 4 rings (SSSR count). The SMILES string of the molecule is CCN(CC)c1ccc(/C=N/N=C(/C(=N/N=C/c2ccc(N(CC)CC)cc2O)c2ccccc2)c2ccccc2)c(O)c1. The first kappa shape index (κ1) is 31.7. The minimum Gasteiger partial charge on any atom is -0.507 e. The lowest BCUT2D eigenvalue weighted by Gasteiger charge is -2.21. The van der Waals surface area contributed by atoms with Crippen molar-refractivity contribution in [2.24, 2.45) is 20.4 Å². The fraction of sp³-hybridized carbons (Fsp3) is 0.222. The maximum Gasteiger partial charge on any atom is 0.126 e. The van der Waals surface area contributed by atoms with E-state index in [4.69, 9.17) is 0 Å². The van der Waals surface area contributed by atoms with E-state index in [-0.39, 0.29) is 11.5 Å². The molecule has 4 aromatic carbocycles. The van der Waals surface area contributed by atoms with Crippen LogP contribution in [0.1, 0.15) is 49.9 Å². The quantitative estimate of drug-likeness (QED) is 0.128. The van der Waals surface area contributed by atoms with Gasteiger partial charge in [-0.1, -0.05) is 60.7 Å². The van der Waals surface area contributed by atoms with Gasteiger partial charge in [0, 0.05) is 71.9 Å². The summed E-state index contributed by atoms with van der Waals surface area (Å²) in [7, 11) is 0. The second kappa shape index (κ2) is 15.8. The van der Waals surface area contributed by atoms with E-state index in [2.05, 4.69) is 57.9 Å². The molecule has 0 amide bonds. The van der Waals surface area contributed by atoms with Crippen molar-refractivity contribution >= 4 is 35.2 Å². The highest BCUT2D eigenvalue weighted by molar-refractivity contribution is 6.53. The second-order valence-corrected chi connectivity index (χ2v) is 9.95. The Kier molecular flexibility index (Phi) is 11.4. The van der Waals surface area contributed by atoms with Gasteiger partial charge in [0.1, 0.15) is 22.9 Å². The van der Waals surface area contributed by atoms with Gasteiger partial charge >= 0.3 is 0 Å². The van der Waals surface area contributed by atoms with Gasteiger partial charge in [0.15, 0.2) is 0 Å². The molecule has 0 aliphatic rings. The Morgan fingerprint density at radius 1 is 0.545 bits per heavy atom. The first-order chi connectivity index (χ1) is 21.5. The van der Waals surface area contributed by atoms with Crippen LogP contribution in [-0.2, 0) is 0 Å². The molecule has 0 aliphatic heterocycles. The lowest BCUT2D eigenvalue weighted by Crippen LogP contribution is -2.21. The van der Waals surface area contributed by atoms with Gasteiger partial charge in [-0.05, 0) is 52.0 Å². The normalized spacial score (nSPS) is 12.3. The van der Waals surface area contributed by atoms with Crippen LogP contribution in [0.2, 0.25) is 0 Å². The predicted octanol–water partition coefficient (Wildman–Crippen LogP) is 7.14. The summed E-state index contributed by atoms with van der Waals surface area (Å²) in [6, 6.07) is 30.4. The summed E-state index contributed by atoms with van der Waals surface area (Å²) in [6.07, 6.45) is 3.07. The summed E-state index contributed by atoms with van der Waals surface area (Å²) in [5.41, 5.74) is 5.61. The van der Waals surface area contributed by atoms with E-state index in [0.29, 0.717) is 22.6 Å². The zero-order chi connectivity index (χ0) is 31.3. The molecule has 226 valence electrons. The highest BCUT2D eigenvalue weighted by atomic mass is 16.3. The van der Waals surface area contributed by atoms with Crippen LogP contribution in [0.15, 0.2) is 117 Å². The number of aromatic hydroxyl groups is 2. The lowest BCUT2D eigenvalue weighted by atomic mass is 10.00. The highest BCUT2D eigenvalue weighted by Gasteiger charge is 2.15. The highest BCUT2D eigenvalue weighted by Crippen LogP contribution is 2.25. The zero-order valence-corrected chi connectivity index (χ0v) is 25.8. The van der Waals surface area contributed by atoms with Gasteiger partial charge in [-0.2, -0.15) is 10.2 Å². The first-order valence-corrected chi connectivity index (χ1v) is 15.0. The monoisotopic (exact) mass is 588 g/mol. The Morgan fingerprint density at radius 2 is 0.909 bits per heavy atom. The van der Waals surface area contributed by atoms with Gasteiger partial charge in [0.05, 0.1) is 12.4 Å². The molecule has 0 bridgehead atoms. The molecule has 8 nitrogen and oxygen atoms in total. The molecule has 0 atom stereocenters. The minimum atomic E-state index is 0.128. The predicted molar refractivity (Wildman–Crippen MR) is 184 cm³/mol. The van der Waals surface area contributed by atoms with Crippen LogP contribution in [0.25, 0.3) is 0 Å². The van der Waals surface area contributed by atoms with Crippen molar-refractivity contribution in [3.63, 3.8) is 0 Å². The molecule has 2 N–H and O–H groups in total. The zero-order valence-electron chi connectivity index (χ0n) is 25.8.